The molecule has 0 radical (unpaired) electrons. The number of anilines is 1. The number of amides is 1. The van der Waals surface area contributed by atoms with Crippen LogP contribution in [0.2, 0.25) is 5.02 Å². The summed E-state index contributed by atoms with van der Waals surface area (Å²) in [7, 11) is 0. The number of rotatable bonds is 3. The molecule has 1 heterocycles. The molecular weight excluding hydrogens is 255 g/mol. The predicted octanol–water partition coefficient (Wildman–Crippen LogP) is 3.06. The molecule has 0 aliphatic heterocycles. The summed E-state index contributed by atoms with van der Waals surface area (Å²) in [6.07, 6.45) is 1.78. The van der Waals surface area contributed by atoms with Crippen LogP contribution in [0.4, 0.5) is 10.1 Å². The molecule has 1 aromatic carbocycles. The van der Waals surface area contributed by atoms with Crippen LogP contribution in [-0.4, -0.2) is 10.9 Å². The second-order valence-electron chi connectivity index (χ2n) is 3.67. The van der Waals surface area contributed by atoms with Crippen molar-refractivity contribution in [1.29, 1.82) is 0 Å². The quantitative estimate of drug-likeness (QED) is 0.926. The third-order valence-corrected chi connectivity index (χ3v) is 2.56. The third kappa shape index (κ3) is 3.28. The fourth-order valence-corrected chi connectivity index (χ4v) is 1.63. The molecule has 0 spiro atoms. The van der Waals surface area contributed by atoms with Crippen molar-refractivity contribution in [2.75, 3.05) is 5.32 Å². The smallest absolute Gasteiger partial charge is 0.230 e. The molecule has 92 valence electrons. The van der Waals surface area contributed by atoms with Gasteiger partial charge in [0.05, 0.1) is 11.4 Å². The van der Waals surface area contributed by atoms with E-state index in [0.29, 0.717) is 11.4 Å². The van der Waals surface area contributed by atoms with E-state index in [-0.39, 0.29) is 17.4 Å². The SMILES string of the molecule is O=C(Cc1ccccn1)Nc1ccc(F)c(Cl)c1. The number of carbonyl (C=O) groups excluding carboxylic acids is 1. The van der Waals surface area contributed by atoms with Crippen molar-refractivity contribution in [1.82, 2.24) is 4.98 Å². The van der Waals surface area contributed by atoms with E-state index in [1.807, 2.05) is 6.07 Å². The van der Waals surface area contributed by atoms with Gasteiger partial charge >= 0.3 is 0 Å². The lowest BCUT2D eigenvalue weighted by atomic mass is 10.2. The number of hydrogen-bond donors (Lipinski definition) is 1. The minimum absolute atomic E-state index is 0.0226. The zero-order valence-corrected chi connectivity index (χ0v) is 10.1. The van der Waals surface area contributed by atoms with Crippen LogP contribution in [0.5, 0.6) is 0 Å². The van der Waals surface area contributed by atoms with E-state index in [9.17, 15) is 9.18 Å². The molecule has 1 amide bonds. The Morgan fingerprint density at radius 1 is 1.33 bits per heavy atom. The maximum Gasteiger partial charge on any atom is 0.230 e. The van der Waals surface area contributed by atoms with Crippen molar-refractivity contribution < 1.29 is 9.18 Å². The van der Waals surface area contributed by atoms with Crippen LogP contribution < -0.4 is 5.32 Å². The highest BCUT2D eigenvalue weighted by atomic mass is 35.5. The van der Waals surface area contributed by atoms with Gasteiger partial charge < -0.3 is 5.32 Å². The first kappa shape index (κ1) is 12.5. The van der Waals surface area contributed by atoms with E-state index >= 15 is 0 Å². The Bertz CT molecular complexity index is 560. The first-order valence-corrected chi connectivity index (χ1v) is 5.68. The number of pyridine rings is 1. The molecule has 2 rings (SSSR count). The third-order valence-electron chi connectivity index (χ3n) is 2.27. The molecule has 3 nitrogen and oxygen atoms in total. The topological polar surface area (TPSA) is 42.0 Å². The summed E-state index contributed by atoms with van der Waals surface area (Å²) in [6.45, 7) is 0. The van der Waals surface area contributed by atoms with Gasteiger partial charge in [-0.05, 0) is 30.3 Å². The highest BCUT2D eigenvalue weighted by molar-refractivity contribution is 6.31. The molecule has 5 heteroatoms. The summed E-state index contributed by atoms with van der Waals surface area (Å²) in [5.41, 5.74) is 1.13. The normalized spacial score (nSPS) is 10.1. The minimum atomic E-state index is -0.514. The van der Waals surface area contributed by atoms with E-state index < -0.39 is 5.82 Å². The first-order valence-electron chi connectivity index (χ1n) is 5.30. The standard InChI is InChI=1S/C13H10ClFN2O/c14-11-7-10(4-5-12(11)15)17-13(18)8-9-3-1-2-6-16-9/h1-7H,8H2,(H,17,18). The number of halogens is 2. The van der Waals surface area contributed by atoms with E-state index in [0.717, 1.165) is 0 Å². The zero-order chi connectivity index (χ0) is 13.0. The summed E-state index contributed by atoms with van der Waals surface area (Å²) in [5, 5.41) is 2.61. The van der Waals surface area contributed by atoms with Gasteiger partial charge in [-0.15, -0.1) is 0 Å². The lowest BCUT2D eigenvalue weighted by Crippen LogP contribution is -2.15. The minimum Gasteiger partial charge on any atom is -0.326 e. The molecule has 0 atom stereocenters. The maximum absolute atomic E-state index is 12.9. The molecule has 0 aliphatic rings. The Labute approximate surface area is 109 Å². The lowest BCUT2D eigenvalue weighted by molar-refractivity contribution is -0.115. The maximum atomic E-state index is 12.9. The zero-order valence-electron chi connectivity index (χ0n) is 9.36. The monoisotopic (exact) mass is 264 g/mol. The average molecular weight is 265 g/mol. The van der Waals surface area contributed by atoms with Crippen molar-refractivity contribution >= 4 is 23.2 Å². The van der Waals surface area contributed by atoms with Crippen LogP contribution in [0.15, 0.2) is 42.6 Å². The molecule has 18 heavy (non-hydrogen) atoms. The number of nitrogens with zero attached hydrogens (tertiary/aromatic N) is 1. The van der Waals surface area contributed by atoms with Crippen LogP contribution in [0, 0.1) is 5.82 Å². The summed E-state index contributed by atoms with van der Waals surface area (Å²) < 4.78 is 12.9. The van der Waals surface area contributed by atoms with E-state index in [4.69, 9.17) is 11.6 Å². The lowest BCUT2D eigenvalue weighted by Gasteiger charge is -2.05. The van der Waals surface area contributed by atoms with Crippen LogP contribution >= 0.6 is 11.6 Å². The summed E-state index contributed by atoms with van der Waals surface area (Å²) in [6, 6.07) is 9.38. The molecule has 0 bridgehead atoms. The Morgan fingerprint density at radius 3 is 2.83 bits per heavy atom. The highest BCUT2D eigenvalue weighted by Crippen LogP contribution is 2.19. The van der Waals surface area contributed by atoms with Crippen molar-refractivity contribution in [2.24, 2.45) is 0 Å². The van der Waals surface area contributed by atoms with Crippen molar-refractivity contribution in [2.45, 2.75) is 6.42 Å². The molecule has 0 saturated carbocycles. The first-order chi connectivity index (χ1) is 8.65. The Hall–Kier alpha value is -1.94. The average Bonchev–Trinajstić information content (AvgIpc) is 2.35. The van der Waals surface area contributed by atoms with Gasteiger partial charge in [-0.25, -0.2) is 4.39 Å². The molecule has 1 N–H and O–H groups in total. The van der Waals surface area contributed by atoms with Crippen molar-refractivity contribution in [3.63, 3.8) is 0 Å². The predicted molar refractivity (Wildman–Crippen MR) is 68.0 cm³/mol. The van der Waals surface area contributed by atoms with Gasteiger partial charge in [0, 0.05) is 17.6 Å². The highest BCUT2D eigenvalue weighted by Gasteiger charge is 2.06. The molecule has 0 saturated heterocycles. The second-order valence-corrected chi connectivity index (χ2v) is 4.08. The number of hydrogen-bond acceptors (Lipinski definition) is 2. The van der Waals surface area contributed by atoms with E-state index in [1.54, 1.807) is 18.3 Å². The van der Waals surface area contributed by atoms with E-state index in [2.05, 4.69) is 10.3 Å². The number of benzene rings is 1. The van der Waals surface area contributed by atoms with Gasteiger partial charge in [0.25, 0.3) is 0 Å². The van der Waals surface area contributed by atoms with Gasteiger partial charge in [0.2, 0.25) is 5.91 Å². The van der Waals surface area contributed by atoms with Crippen LogP contribution in [0.3, 0.4) is 0 Å². The van der Waals surface area contributed by atoms with Crippen LogP contribution in [-0.2, 0) is 11.2 Å². The molecule has 0 unspecified atom stereocenters. The van der Waals surface area contributed by atoms with Gasteiger partial charge in [-0.3, -0.25) is 9.78 Å². The Kier molecular flexibility index (Phi) is 3.89. The van der Waals surface area contributed by atoms with Crippen LogP contribution in [0.25, 0.3) is 0 Å². The molecule has 0 aliphatic carbocycles. The van der Waals surface area contributed by atoms with E-state index in [1.165, 1.54) is 18.2 Å². The van der Waals surface area contributed by atoms with Gasteiger partial charge in [0.1, 0.15) is 5.82 Å². The molecule has 0 fully saturated rings. The van der Waals surface area contributed by atoms with Crippen molar-refractivity contribution in [3.05, 3.63) is 59.1 Å². The largest absolute Gasteiger partial charge is 0.326 e. The Balaban J connectivity index is 2.01. The number of aromatic nitrogens is 1. The summed E-state index contributed by atoms with van der Waals surface area (Å²) in [5.74, 6) is -0.740. The summed E-state index contributed by atoms with van der Waals surface area (Å²) >= 11 is 5.62. The van der Waals surface area contributed by atoms with Gasteiger partial charge in [0.15, 0.2) is 0 Å². The Morgan fingerprint density at radius 2 is 2.17 bits per heavy atom. The molecule has 2 aromatic rings. The summed E-state index contributed by atoms with van der Waals surface area (Å²) in [4.78, 5) is 15.7. The molecular formula is C13H10ClFN2O. The number of carbonyl (C=O) groups is 1. The second kappa shape index (κ2) is 5.60. The fraction of sp³-hybridized carbons (Fsp3) is 0.0769. The van der Waals surface area contributed by atoms with Gasteiger partial charge in [-0.2, -0.15) is 0 Å². The van der Waals surface area contributed by atoms with Crippen molar-refractivity contribution in [3.8, 4) is 0 Å². The fourth-order valence-electron chi connectivity index (χ4n) is 1.45. The number of nitrogens with one attached hydrogen (secondary N) is 1. The molecule has 1 aromatic heterocycles. The van der Waals surface area contributed by atoms with Gasteiger partial charge in [-0.1, -0.05) is 17.7 Å². The van der Waals surface area contributed by atoms with Crippen LogP contribution in [0.1, 0.15) is 5.69 Å².